The number of benzene rings is 3. The van der Waals surface area contributed by atoms with Crippen LogP contribution in [0.25, 0.3) is 16.7 Å². The molecule has 0 amide bonds. The van der Waals surface area contributed by atoms with Crippen molar-refractivity contribution < 1.29 is 14.3 Å². The van der Waals surface area contributed by atoms with Crippen LogP contribution in [0.2, 0.25) is 0 Å². The normalized spacial score (nSPS) is 12.0. The number of rotatable bonds is 10. The number of para-hydroxylation sites is 2. The lowest BCUT2D eigenvalue weighted by Gasteiger charge is -2.20. The number of nitrogens with one attached hydrogen (secondary N) is 3. The lowest BCUT2D eigenvalue weighted by molar-refractivity contribution is -0.137. The van der Waals surface area contributed by atoms with Crippen molar-refractivity contribution in [3.8, 4) is 5.69 Å². The Balaban J connectivity index is 1.24. The number of nitrogens with zero attached hydrogens (tertiary/aromatic N) is 3. The Morgan fingerprint density at radius 2 is 1.92 bits per heavy atom. The van der Waals surface area contributed by atoms with Gasteiger partial charge in [0.05, 0.1) is 29.0 Å². The van der Waals surface area contributed by atoms with Gasteiger partial charge in [-0.15, -0.1) is 0 Å². The Morgan fingerprint density at radius 1 is 1.13 bits per heavy atom. The van der Waals surface area contributed by atoms with E-state index in [0.29, 0.717) is 30.2 Å². The number of aryl methyl sites for hydroxylation is 2. The molecule has 0 aliphatic rings. The lowest BCUT2D eigenvalue weighted by Crippen LogP contribution is -2.32. The molecule has 5 aromatic rings. The molecule has 5 rings (SSSR count). The average molecular weight is 513 g/mol. The summed E-state index contributed by atoms with van der Waals surface area (Å²) in [5.41, 5.74) is 6.58. The molecule has 0 radical (unpaired) electrons. The van der Waals surface area contributed by atoms with Crippen LogP contribution in [0.1, 0.15) is 29.3 Å². The van der Waals surface area contributed by atoms with Crippen LogP contribution in [0.3, 0.4) is 0 Å². The van der Waals surface area contributed by atoms with E-state index in [1.165, 1.54) is 12.1 Å². The first kappa shape index (κ1) is 25.0. The van der Waals surface area contributed by atoms with Crippen molar-refractivity contribution in [2.24, 2.45) is 0 Å². The van der Waals surface area contributed by atoms with Gasteiger partial charge in [-0.1, -0.05) is 31.2 Å². The number of aromatic amines is 1. The molecule has 9 heteroatoms. The van der Waals surface area contributed by atoms with Crippen LogP contribution in [0.4, 0.5) is 16.0 Å². The summed E-state index contributed by atoms with van der Waals surface area (Å²) in [4.78, 5) is 19.8. The van der Waals surface area contributed by atoms with Crippen molar-refractivity contribution >= 4 is 28.6 Å². The Kier molecular flexibility index (Phi) is 7.08. The lowest BCUT2D eigenvalue weighted by atomic mass is 10.0. The number of aliphatic carboxylic acids is 1. The maximum atomic E-state index is 13.8. The number of hydrogen-bond donors (Lipinski definition) is 4. The van der Waals surface area contributed by atoms with Crippen LogP contribution in [0.15, 0.2) is 72.9 Å². The highest BCUT2D eigenvalue weighted by molar-refractivity contribution is 5.79. The first-order valence-electron chi connectivity index (χ1n) is 12.5. The van der Waals surface area contributed by atoms with Gasteiger partial charge in [0, 0.05) is 18.3 Å². The number of aromatic nitrogens is 4. The fraction of sp³-hybridized carbons (Fsp3) is 0.207. The Labute approximate surface area is 219 Å². The SMILES string of the molecule is CCc1cc(F)cc(C)c1NC(Cc1ccc(-n2ccc(CNc3nc4ccccc4[nH]3)n2)cc1)C(=O)O. The van der Waals surface area contributed by atoms with E-state index in [0.717, 1.165) is 33.5 Å². The summed E-state index contributed by atoms with van der Waals surface area (Å²) in [7, 11) is 0. The zero-order valence-corrected chi connectivity index (χ0v) is 21.2. The number of carboxylic acids is 1. The molecular weight excluding hydrogens is 483 g/mol. The second-order valence-corrected chi connectivity index (χ2v) is 9.22. The molecule has 4 N–H and O–H groups in total. The monoisotopic (exact) mass is 512 g/mol. The van der Waals surface area contributed by atoms with Crippen LogP contribution in [0.5, 0.6) is 0 Å². The van der Waals surface area contributed by atoms with E-state index in [4.69, 9.17) is 0 Å². The number of halogens is 1. The molecule has 0 fully saturated rings. The standard InChI is InChI=1S/C29H29FN6O2/c1-3-20-16-21(30)14-18(2)27(20)32-26(28(37)38)15-19-8-10-23(11-9-19)36-13-12-22(35-36)17-31-29-33-24-6-4-5-7-25(24)34-29/h4-14,16,26,32H,3,15,17H2,1-2H3,(H,37,38)(H2,31,33,34). The van der Waals surface area contributed by atoms with Gasteiger partial charge in [0.15, 0.2) is 0 Å². The van der Waals surface area contributed by atoms with Crippen molar-refractivity contribution in [3.05, 3.63) is 101 Å². The molecular formula is C29H29FN6O2. The van der Waals surface area contributed by atoms with Crippen molar-refractivity contribution in [2.45, 2.75) is 39.3 Å². The fourth-order valence-electron chi connectivity index (χ4n) is 4.50. The van der Waals surface area contributed by atoms with E-state index in [2.05, 4.69) is 25.7 Å². The second kappa shape index (κ2) is 10.8. The molecule has 2 heterocycles. The minimum atomic E-state index is -0.964. The van der Waals surface area contributed by atoms with Gasteiger partial charge < -0.3 is 20.7 Å². The third-order valence-corrected chi connectivity index (χ3v) is 6.49. The number of anilines is 2. The third-order valence-electron chi connectivity index (χ3n) is 6.49. The summed E-state index contributed by atoms with van der Waals surface area (Å²) in [5.74, 6) is -0.596. The topological polar surface area (TPSA) is 108 Å². The number of carbonyl (C=O) groups is 1. The van der Waals surface area contributed by atoms with E-state index in [1.54, 1.807) is 11.6 Å². The molecule has 0 spiro atoms. The zero-order chi connectivity index (χ0) is 26.6. The first-order valence-corrected chi connectivity index (χ1v) is 12.5. The Hall–Kier alpha value is -4.66. The van der Waals surface area contributed by atoms with Gasteiger partial charge in [0.25, 0.3) is 0 Å². The fourth-order valence-corrected chi connectivity index (χ4v) is 4.50. The summed E-state index contributed by atoms with van der Waals surface area (Å²) >= 11 is 0. The van der Waals surface area contributed by atoms with Gasteiger partial charge in [-0.3, -0.25) is 0 Å². The van der Waals surface area contributed by atoms with E-state index >= 15 is 0 Å². The summed E-state index contributed by atoms with van der Waals surface area (Å²) in [5, 5.41) is 20.9. The van der Waals surface area contributed by atoms with E-state index in [9.17, 15) is 14.3 Å². The summed E-state index contributed by atoms with van der Waals surface area (Å²) in [6.07, 6.45) is 2.76. The quantitative estimate of drug-likeness (QED) is 0.197. The molecule has 8 nitrogen and oxygen atoms in total. The molecule has 2 aromatic heterocycles. The molecule has 0 aliphatic carbocycles. The van der Waals surface area contributed by atoms with Crippen molar-refractivity contribution in [1.29, 1.82) is 0 Å². The predicted octanol–water partition coefficient (Wildman–Crippen LogP) is 5.48. The number of carboxylic acid groups (broad SMARTS) is 1. The molecule has 0 saturated carbocycles. The maximum Gasteiger partial charge on any atom is 0.326 e. The van der Waals surface area contributed by atoms with Gasteiger partial charge in [0.1, 0.15) is 11.9 Å². The molecule has 1 unspecified atom stereocenters. The molecule has 38 heavy (non-hydrogen) atoms. The van der Waals surface area contributed by atoms with E-state index in [-0.39, 0.29) is 12.2 Å². The smallest absolute Gasteiger partial charge is 0.326 e. The van der Waals surface area contributed by atoms with Crippen molar-refractivity contribution in [1.82, 2.24) is 19.7 Å². The van der Waals surface area contributed by atoms with Crippen LogP contribution < -0.4 is 10.6 Å². The highest BCUT2D eigenvalue weighted by Crippen LogP contribution is 2.25. The van der Waals surface area contributed by atoms with Gasteiger partial charge in [-0.2, -0.15) is 5.10 Å². The van der Waals surface area contributed by atoms with Gasteiger partial charge in [0.2, 0.25) is 5.95 Å². The summed E-state index contributed by atoms with van der Waals surface area (Å²) < 4.78 is 15.6. The molecule has 0 bridgehead atoms. The third kappa shape index (κ3) is 5.51. The zero-order valence-electron chi connectivity index (χ0n) is 21.2. The number of hydrogen-bond acceptors (Lipinski definition) is 5. The molecule has 3 aromatic carbocycles. The molecule has 0 aliphatic heterocycles. The number of H-pyrrole nitrogens is 1. The number of imidazole rings is 1. The largest absolute Gasteiger partial charge is 0.480 e. The van der Waals surface area contributed by atoms with Gasteiger partial charge in [-0.05, 0) is 72.5 Å². The minimum absolute atomic E-state index is 0.279. The highest BCUT2D eigenvalue weighted by Gasteiger charge is 2.20. The van der Waals surface area contributed by atoms with E-state index < -0.39 is 12.0 Å². The molecule has 1 atom stereocenters. The van der Waals surface area contributed by atoms with E-state index in [1.807, 2.05) is 67.7 Å². The predicted molar refractivity (Wildman–Crippen MR) is 146 cm³/mol. The van der Waals surface area contributed by atoms with Crippen LogP contribution in [-0.2, 0) is 24.2 Å². The maximum absolute atomic E-state index is 13.8. The number of fused-ring (bicyclic) bond motifs is 1. The van der Waals surface area contributed by atoms with Crippen molar-refractivity contribution in [2.75, 3.05) is 10.6 Å². The second-order valence-electron chi connectivity index (χ2n) is 9.22. The van der Waals surface area contributed by atoms with Crippen LogP contribution in [0, 0.1) is 12.7 Å². The first-order chi connectivity index (χ1) is 18.4. The summed E-state index contributed by atoms with van der Waals surface area (Å²) in [6, 6.07) is 19.4. The highest BCUT2D eigenvalue weighted by atomic mass is 19.1. The van der Waals surface area contributed by atoms with Gasteiger partial charge in [-0.25, -0.2) is 18.9 Å². The molecule has 194 valence electrons. The minimum Gasteiger partial charge on any atom is -0.480 e. The summed E-state index contributed by atoms with van der Waals surface area (Å²) in [6.45, 7) is 4.21. The molecule has 0 saturated heterocycles. The van der Waals surface area contributed by atoms with Crippen molar-refractivity contribution in [3.63, 3.8) is 0 Å². The van der Waals surface area contributed by atoms with Gasteiger partial charge >= 0.3 is 5.97 Å². The van der Waals surface area contributed by atoms with Crippen LogP contribution in [-0.4, -0.2) is 36.9 Å². The average Bonchev–Trinajstić information content (AvgIpc) is 3.55. The Morgan fingerprint density at radius 3 is 2.66 bits per heavy atom. The Bertz CT molecular complexity index is 1540. The van der Waals surface area contributed by atoms with Crippen LogP contribution >= 0.6 is 0 Å².